The first kappa shape index (κ1) is 38.7. The number of hydrogen-bond donors (Lipinski definition) is 1. The number of hydrogen-bond acceptors (Lipinski definition) is 2. The van der Waals surface area contributed by atoms with Crippen LogP contribution in [0.15, 0.2) is 141 Å². The molecule has 0 bridgehead atoms. The summed E-state index contributed by atoms with van der Waals surface area (Å²) in [7, 11) is 2.32. The molecule has 1 heterocycles. The fourth-order valence-corrected chi connectivity index (χ4v) is 11.3. The van der Waals surface area contributed by atoms with E-state index in [0.29, 0.717) is 18.3 Å². The number of ether oxygens (including phenoxy) is 1. The van der Waals surface area contributed by atoms with Crippen LogP contribution in [0, 0.1) is 33.6 Å². The topological polar surface area (TPSA) is 29.5 Å². The summed E-state index contributed by atoms with van der Waals surface area (Å²) in [4.78, 5) is 0. The van der Waals surface area contributed by atoms with Gasteiger partial charge in [0.15, 0.2) is 0 Å². The van der Waals surface area contributed by atoms with Crippen LogP contribution in [0.2, 0.25) is 0 Å². The minimum Gasteiger partial charge on any atom is -0.507 e. The minimum atomic E-state index is 0.316. The Kier molecular flexibility index (Phi) is 9.58. The van der Waals surface area contributed by atoms with Crippen LogP contribution in [-0.2, 0) is 24.0 Å². The van der Waals surface area contributed by atoms with Crippen LogP contribution in [0.5, 0.6) is 0 Å². The molecule has 1 N–H and O–H groups in total. The predicted molar refractivity (Wildman–Crippen MR) is 256 cm³/mol. The number of benzene rings is 4. The smallest absolute Gasteiger partial charge is 0.140 e. The van der Waals surface area contributed by atoms with E-state index >= 15 is 0 Å². The second-order valence-corrected chi connectivity index (χ2v) is 18.5. The SMILES string of the molecule is Bc1c(C)c(C)c(C)c(-c2c3c(c(-c4ccc5c(c4)CC4=C5C=CCC(C5C=C6C=C(C7=C(O)C(C)=CCC(C)=C7C)OCC6=CC5)=C4)c4ccccc24)CCCC3)c1C. The molecular weight excluding hydrogens is 727 g/mol. The maximum Gasteiger partial charge on any atom is 0.140 e. The van der Waals surface area contributed by atoms with Crippen molar-refractivity contribution in [1.29, 1.82) is 0 Å². The highest BCUT2D eigenvalue weighted by atomic mass is 16.5. The molecule has 10 rings (SSSR count). The fraction of sp³-hybridized carbons (Fsp3) is 0.298. The van der Waals surface area contributed by atoms with E-state index in [2.05, 4.69) is 134 Å². The van der Waals surface area contributed by atoms with Gasteiger partial charge < -0.3 is 9.84 Å². The van der Waals surface area contributed by atoms with Crippen molar-refractivity contribution in [2.75, 3.05) is 6.61 Å². The van der Waals surface area contributed by atoms with Crippen molar-refractivity contribution >= 4 is 29.7 Å². The fourth-order valence-electron chi connectivity index (χ4n) is 11.3. The number of fused-ring (bicyclic) bond motifs is 5. The molecule has 0 saturated carbocycles. The molecule has 4 aromatic carbocycles. The molecule has 0 spiro atoms. The van der Waals surface area contributed by atoms with Gasteiger partial charge in [0.25, 0.3) is 0 Å². The summed E-state index contributed by atoms with van der Waals surface area (Å²) >= 11 is 0. The Morgan fingerprint density at radius 3 is 2.30 bits per heavy atom. The van der Waals surface area contributed by atoms with Gasteiger partial charge in [0.05, 0.1) is 5.57 Å². The Morgan fingerprint density at radius 2 is 1.52 bits per heavy atom. The lowest BCUT2D eigenvalue weighted by atomic mass is 9.73. The van der Waals surface area contributed by atoms with Crippen LogP contribution >= 0.6 is 0 Å². The largest absolute Gasteiger partial charge is 0.507 e. The number of aliphatic hydroxyl groups is 1. The monoisotopic (exact) mass is 784 g/mol. The van der Waals surface area contributed by atoms with Crippen molar-refractivity contribution < 1.29 is 9.84 Å². The Hall–Kier alpha value is -5.54. The summed E-state index contributed by atoms with van der Waals surface area (Å²) in [6.45, 7) is 16.1. The molecule has 300 valence electrons. The summed E-state index contributed by atoms with van der Waals surface area (Å²) in [5.41, 5.74) is 29.8. The van der Waals surface area contributed by atoms with Gasteiger partial charge in [0.1, 0.15) is 26.0 Å². The van der Waals surface area contributed by atoms with E-state index < -0.39 is 0 Å². The third-order valence-corrected chi connectivity index (χ3v) is 15.3. The van der Waals surface area contributed by atoms with Crippen LogP contribution in [-0.4, -0.2) is 19.6 Å². The van der Waals surface area contributed by atoms with Crippen molar-refractivity contribution in [2.24, 2.45) is 5.92 Å². The van der Waals surface area contributed by atoms with Crippen molar-refractivity contribution in [3.63, 3.8) is 0 Å². The third kappa shape index (κ3) is 6.14. The van der Waals surface area contributed by atoms with E-state index in [9.17, 15) is 5.11 Å². The van der Waals surface area contributed by atoms with E-state index in [1.165, 1.54) is 118 Å². The molecule has 0 fully saturated rings. The van der Waals surface area contributed by atoms with Crippen LogP contribution in [0.3, 0.4) is 0 Å². The van der Waals surface area contributed by atoms with Gasteiger partial charge in [-0.1, -0.05) is 101 Å². The maximum absolute atomic E-state index is 11.3. The van der Waals surface area contributed by atoms with E-state index in [1.807, 2.05) is 6.92 Å². The molecule has 5 aliphatic carbocycles. The third-order valence-electron chi connectivity index (χ3n) is 15.3. The average Bonchev–Trinajstić information content (AvgIpc) is 3.41. The Bertz CT molecular complexity index is 2860. The lowest BCUT2D eigenvalue weighted by Crippen LogP contribution is -2.18. The van der Waals surface area contributed by atoms with Crippen LogP contribution in [0.1, 0.15) is 97.4 Å². The summed E-state index contributed by atoms with van der Waals surface area (Å²) in [5, 5.41) is 14.1. The highest BCUT2D eigenvalue weighted by Crippen LogP contribution is 2.49. The molecule has 60 heavy (non-hydrogen) atoms. The van der Waals surface area contributed by atoms with Crippen molar-refractivity contribution in [3.05, 3.63) is 186 Å². The zero-order valence-corrected chi connectivity index (χ0v) is 36.9. The van der Waals surface area contributed by atoms with E-state index in [4.69, 9.17) is 4.74 Å². The second-order valence-electron chi connectivity index (χ2n) is 18.5. The Labute approximate surface area is 358 Å². The predicted octanol–water partition coefficient (Wildman–Crippen LogP) is 13.0. The van der Waals surface area contributed by atoms with Gasteiger partial charge in [-0.15, -0.1) is 0 Å². The van der Waals surface area contributed by atoms with Crippen LogP contribution in [0.25, 0.3) is 38.6 Å². The van der Waals surface area contributed by atoms with Crippen molar-refractivity contribution in [1.82, 2.24) is 0 Å². The lowest BCUT2D eigenvalue weighted by Gasteiger charge is -2.29. The lowest BCUT2D eigenvalue weighted by molar-refractivity contribution is 0.239. The van der Waals surface area contributed by atoms with E-state index in [1.54, 1.807) is 11.1 Å². The molecule has 2 nitrogen and oxygen atoms in total. The molecule has 1 unspecified atom stereocenters. The maximum atomic E-state index is 11.3. The van der Waals surface area contributed by atoms with Crippen molar-refractivity contribution in [2.45, 2.75) is 99.8 Å². The molecule has 0 amide bonds. The molecule has 0 radical (unpaired) electrons. The first-order valence-corrected chi connectivity index (χ1v) is 22.4. The number of aliphatic hydroxyl groups excluding tert-OH is 1. The molecule has 4 aromatic rings. The van der Waals surface area contributed by atoms with Gasteiger partial charge in [0.2, 0.25) is 0 Å². The number of allylic oxidation sites excluding steroid dienone is 13. The molecule has 6 aliphatic rings. The highest BCUT2D eigenvalue weighted by molar-refractivity contribution is 6.35. The van der Waals surface area contributed by atoms with Crippen LogP contribution < -0.4 is 5.46 Å². The zero-order valence-electron chi connectivity index (χ0n) is 36.9. The summed E-state index contributed by atoms with van der Waals surface area (Å²) < 4.78 is 6.36. The summed E-state index contributed by atoms with van der Waals surface area (Å²) in [5.74, 6) is 1.43. The summed E-state index contributed by atoms with van der Waals surface area (Å²) in [6.07, 6.45) is 24.9. The second kappa shape index (κ2) is 14.9. The normalized spacial score (nSPS) is 20.0. The Morgan fingerprint density at radius 1 is 0.767 bits per heavy atom. The van der Waals surface area contributed by atoms with Gasteiger partial charge in [-0.25, -0.2) is 0 Å². The molecular formula is C57H57BO2. The molecule has 1 aliphatic heterocycles. The van der Waals surface area contributed by atoms with Gasteiger partial charge in [-0.05, 0) is 211 Å². The highest BCUT2D eigenvalue weighted by Gasteiger charge is 2.30. The minimum absolute atomic E-state index is 0.316. The standard InChI is InChI=1S/C57H57BO2/c1-31-19-20-32(2)57(59)53(33(31)3)51-29-42-25-39(21-22-41(42)30-60-51)38-13-12-18-45-43(26-38)28-44-27-40(23-24-46(44)45)54-47-14-8-10-16-49(47)55(50-17-11-9-15-48(50)54)52-35(5)34(4)36(6)56(58)37(52)7/h8,10,12,14,16,18,20,22-27,29,39,59H,9,11,13,15,17,19,21,28,30,58H2,1-7H3. The zero-order chi connectivity index (χ0) is 41.6. The molecule has 0 saturated heterocycles. The summed E-state index contributed by atoms with van der Waals surface area (Å²) in [6, 6.07) is 16.7. The Balaban J connectivity index is 1.01. The molecule has 3 heteroatoms. The van der Waals surface area contributed by atoms with E-state index in [0.717, 1.165) is 61.0 Å². The van der Waals surface area contributed by atoms with E-state index in [-0.39, 0.29) is 0 Å². The number of rotatable bonds is 4. The first-order valence-electron chi connectivity index (χ1n) is 22.4. The molecule has 0 aromatic heterocycles. The van der Waals surface area contributed by atoms with Crippen molar-refractivity contribution in [3.8, 4) is 22.3 Å². The molecule has 1 atom stereocenters. The van der Waals surface area contributed by atoms with Gasteiger partial charge in [-0.3, -0.25) is 0 Å². The van der Waals surface area contributed by atoms with Gasteiger partial charge in [-0.2, -0.15) is 0 Å². The first-order chi connectivity index (χ1) is 29.0. The van der Waals surface area contributed by atoms with Gasteiger partial charge >= 0.3 is 0 Å². The van der Waals surface area contributed by atoms with Crippen LogP contribution in [0.4, 0.5) is 0 Å². The quantitative estimate of drug-likeness (QED) is 0.209. The van der Waals surface area contributed by atoms with Gasteiger partial charge in [0, 0.05) is 5.92 Å². The average molecular weight is 785 g/mol.